The van der Waals surface area contributed by atoms with Crippen molar-refractivity contribution in [1.29, 1.82) is 0 Å². The molecule has 4 aromatic rings. The molecule has 2 heterocycles. The first-order valence-corrected chi connectivity index (χ1v) is 8.13. The quantitative estimate of drug-likeness (QED) is 0.554. The predicted molar refractivity (Wildman–Crippen MR) is 97.4 cm³/mol. The molecule has 124 valence electrons. The standard InChI is InChI=1S/C20H18N4O/c1-13-5-8-16(9-6-13)24-19-17(11-23-24)20(22-12-21-19)25-18-10-14(2)4-7-15(18)3/h4-12H,1-3H3. The molecule has 0 fully saturated rings. The highest BCUT2D eigenvalue weighted by atomic mass is 16.5. The molecule has 0 aliphatic rings. The highest BCUT2D eigenvalue weighted by molar-refractivity contribution is 5.81. The zero-order valence-electron chi connectivity index (χ0n) is 14.4. The summed E-state index contributed by atoms with van der Waals surface area (Å²) in [6.45, 7) is 6.11. The van der Waals surface area contributed by atoms with E-state index in [9.17, 15) is 0 Å². The molecular formula is C20H18N4O. The van der Waals surface area contributed by atoms with Crippen molar-refractivity contribution in [3.8, 4) is 17.3 Å². The lowest BCUT2D eigenvalue weighted by atomic mass is 10.1. The van der Waals surface area contributed by atoms with Gasteiger partial charge in [0.05, 0.1) is 11.9 Å². The Morgan fingerprint density at radius 2 is 1.64 bits per heavy atom. The molecule has 5 heteroatoms. The summed E-state index contributed by atoms with van der Waals surface area (Å²) in [6.07, 6.45) is 3.25. The van der Waals surface area contributed by atoms with Crippen molar-refractivity contribution in [1.82, 2.24) is 19.7 Å². The van der Waals surface area contributed by atoms with Gasteiger partial charge < -0.3 is 4.74 Å². The molecule has 0 bridgehead atoms. The van der Waals surface area contributed by atoms with E-state index < -0.39 is 0 Å². The van der Waals surface area contributed by atoms with Crippen LogP contribution >= 0.6 is 0 Å². The SMILES string of the molecule is Cc1ccc(-n2ncc3c(Oc4cc(C)ccc4C)ncnc32)cc1. The van der Waals surface area contributed by atoms with Crippen molar-refractivity contribution < 1.29 is 4.74 Å². The average Bonchev–Trinajstić information content (AvgIpc) is 3.04. The summed E-state index contributed by atoms with van der Waals surface area (Å²) in [6, 6.07) is 14.3. The number of nitrogens with zero attached hydrogens (tertiary/aromatic N) is 4. The molecule has 0 aliphatic carbocycles. The molecule has 0 saturated heterocycles. The molecule has 0 spiro atoms. The van der Waals surface area contributed by atoms with Gasteiger partial charge in [-0.25, -0.2) is 14.6 Å². The lowest BCUT2D eigenvalue weighted by Crippen LogP contribution is -1.98. The van der Waals surface area contributed by atoms with Crippen LogP contribution < -0.4 is 4.74 Å². The highest BCUT2D eigenvalue weighted by Crippen LogP contribution is 2.30. The van der Waals surface area contributed by atoms with Crippen molar-refractivity contribution in [3.05, 3.63) is 71.7 Å². The molecule has 0 N–H and O–H groups in total. The molecule has 2 aromatic heterocycles. The van der Waals surface area contributed by atoms with E-state index in [1.807, 2.05) is 38.1 Å². The summed E-state index contributed by atoms with van der Waals surface area (Å²) in [5.41, 5.74) is 5.08. The molecule has 2 aromatic carbocycles. The van der Waals surface area contributed by atoms with Crippen molar-refractivity contribution >= 4 is 11.0 Å². The fourth-order valence-corrected chi connectivity index (χ4v) is 2.70. The summed E-state index contributed by atoms with van der Waals surface area (Å²) in [5, 5.41) is 5.25. The number of fused-ring (bicyclic) bond motifs is 1. The summed E-state index contributed by atoms with van der Waals surface area (Å²) < 4.78 is 7.87. The Kier molecular flexibility index (Phi) is 3.69. The van der Waals surface area contributed by atoms with E-state index >= 15 is 0 Å². The van der Waals surface area contributed by atoms with Gasteiger partial charge in [-0.15, -0.1) is 0 Å². The number of rotatable bonds is 3. The van der Waals surface area contributed by atoms with Crippen molar-refractivity contribution in [3.63, 3.8) is 0 Å². The van der Waals surface area contributed by atoms with Crippen molar-refractivity contribution in [2.75, 3.05) is 0 Å². The fourth-order valence-electron chi connectivity index (χ4n) is 2.70. The van der Waals surface area contributed by atoms with Gasteiger partial charge in [-0.3, -0.25) is 0 Å². The largest absolute Gasteiger partial charge is 0.438 e. The Morgan fingerprint density at radius 1 is 0.880 bits per heavy atom. The number of hydrogen-bond donors (Lipinski definition) is 0. The van der Waals surface area contributed by atoms with Gasteiger partial charge in [-0.05, 0) is 50.1 Å². The van der Waals surface area contributed by atoms with Gasteiger partial charge >= 0.3 is 0 Å². The van der Waals surface area contributed by atoms with Gasteiger partial charge in [0.2, 0.25) is 5.88 Å². The predicted octanol–water partition coefficient (Wildman–Crippen LogP) is 4.53. The zero-order valence-corrected chi connectivity index (χ0v) is 14.4. The Morgan fingerprint density at radius 3 is 2.44 bits per heavy atom. The van der Waals surface area contributed by atoms with Crippen LogP contribution in [0.2, 0.25) is 0 Å². The molecular weight excluding hydrogens is 312 g/mol. The second kappa shape index (κ2) is 6.02. The lowest BCUT2D eigenvalue weighted by Gasteiger charge is -2.09. The summed E-state index contributed by atoms with van der Waals surface area (Å²) in [5.74, 6) is 1.31. The van der Waals surface area contributed by atoms with Gasteiger partial charge in [0, 0.05) is 0 Å². The van der Waals surface area contributed by atoms with Gasteiger partial charge in [-0.1, -0.05) is 29.8 Å². The Labute approximate surface area is 145 Å². The average molecular weight is 330 g/mol. The number of aryl methyl sites for hydroxylation is 3. The van der Waals surface area contributed by atoms with Crippen LogP contribution in [0.4, 0.5) is 0 Å². The summed E-state index contributed by atoms with van der Waals surface area (Å²) >= 11 is 0. The Hall–Kier alpha value is -3.21. The Bertz CT molecular complexity index is 1050. The molecule has 0 saturated carbocycles. The van der Waals surface area contributed by atoms with E-state index in [4.69, 9.17) is 4.74 Å². The number of hydrogen-bond acceptors (Lipinski definition) is 4. The van der Waals surface area contributed by atoms with Gasteiger partial charge in [0.25, 0.3) is 0 Å². The van der Waals surface area contributed by atoms with Crippen LogP contribution in [0.1, 0.15) is 16.7 Å². The molecule has 0 atom stereocenters. The summed E-state index contributed by atoms with van der Waals surface area (Å²) in [7, 11) is 0. The smallest absolute Gasteiger partial charge is 0.233 e. The monoisotopic (exact) mass is 330 g/mol. The topological polar surface area (TPSA) is 52.8 Å². The molecule has 0 aliphatic heterocycles. The second-order valence-electron chi connectivity index (χ2n) is 6.18. The van der Waals surface area contributed by atoms with Crippen molar-refractivity contribution in [2.24, 2.45) is 0 Å². The van der Waals surface area contributed by atoms with E-state index in [2.05, 4.69) is 40.2 Å². The third kappa shape index (κ3) is 2.85. The number of ether oxygens (including phenoxy) is 1. The second-order valence-corrected chi connectivity index (χ2v) is 6.18. The van der Waals surface area contributed by atoms with Crippen LogP contribution in [-0.2, 0) is 0 Å². The van der Waals surface area contributed by atoms with E-state index in [-0.39, 0.29) is 0 Å². The normalized spacial score (nSPS) is 11.0. The van der Waals surface area contributed by atoms with E-state index in [1.54, 1.807) is 10.9 Å². The molecule has 4 rings (SSSR count). The van der Waals surface area contributed by atoms with Crippen LogP contribution in [0, 0.1) is 20.8 Å². The highest BCUT2D eigenvalue weighted by Gasteiger charge is 2.13. The lowest BCUT2D eigenvalue weighted by molar-refractivity contribution is 0.464. The maximum Gasteiger partial charge on any atom is 0.233 e. The molecule has 0 amide bonds. The minimum absolute atomic E-state index is 0.511. The minimum atomic E-state index is 0.511. The van der Waals surface area contributed by atoms with Gasteiger partial charge in [-0.2, -0.15) is 5.10 Å². The molecule has 25 heavy (non-hydrogen) atoms. The van der Waals surface area contributed by atoms with Gasteiger partial charge in [0.15, 0.2) is 5.65 Å². The number of benzene rings is 2. The van der Waals surface area contributed by atoms with Crippen LogP contribution in [0.5, 0.6) is 11.6 Å². The van der Waals surface area contributed by atoms with Crippen LogP contribution in [-0.4, -0.2) is 19.7 Å². The Balaban J connectivity index is 1.79. The third-order valence-electron chi connectivity index (χ3n) is 4.16. The maximum absolute atomic E-state index is 6.07. The van der Waals surface area contributed by atoms with Crippen LogP contribution in [0.3, 0.4) is 0 Å². The fraction of sp³-hybridized carbons (Fsp3) is 0.150. The molecule has 5 nitrogen and oxygen atoms in total. The van der Waals surface area contributed by atoms with Gasteiger partial charge in [0.1, 0.15) is 17.5 Å². The minimum Gasteiger partial charge on any atom is -0.438 e. The van der Waals surface area contributed by atoms with E-state index in [1.165, 1.54) is 11.9 Å². The van der Waals surface area contributed by atoms with Crippen LogP contribution in [0.15, 0.2) is 55.0 Å². The third-order valence-corrected chi connectivity index (χ3v) is 4.16. The number of aromatic nitrogens is 4. The van der Waals surface area contributed by atoms with Crippen LogP contribution in [0.25, 0.3) is 16.7 Å². The van der Waals surface area contributed by atoms with Crippen molar-refractivity contribution in [2.45, 2.75) is 20.8 Å². The first-order valence-electron chi connectivity index (χ1n) is 8.13. The zero-order chi connectivity index (χ0) is 17.4. The first kappa shape index (κ1) is 15.3. The van der Waals surface area contributed by atoms with E-state index in [0.29, 0.717) is 5.88 Å². The maximum atomic E-state index is 6.07. The summed E-state index contributed by atoms with van der Waals surface area (Å²) in [4.78, 5) is 8.70. The van der Waals surface area contributed by atoms with E-state index in [0.717, 1.165) is 33.6 Å². The molecule has 0 unspecified atom stereocenters. The molecule has 0 radical (unpaired) electrons. The first-order chi connectivity index (χ1) is 12.1.